The zero-order chi connectivity index (χ0) is 14.2. The Morgan fingerprint density at radius 2 is 2.00 bits per heavy atom. The first-order valence-corrected chi connectivity index (χ1v) is 7.69. The lowest BCUT2D eigenvalue weighted by Gasteiger charge is -2.41. The Labute approximate surface area is 119 Å². The van der Waals surface area contributed by atoms with Gasteiger partial charge < -0.3 is 20.9 Å². The number of hydrogen-bond donors (Lipinski definition) is 2. The van der Waals surface area contributed by atoms with E-state index in [0.717, 1.165) is 58.3 Å². The summed E-state index contributed by atoms with van der Waals surface area (Å²) in [5.74, 6) is 0.191. The molecule has 2 aliphatic heterocycles. The van der Waals surface area contributed by atoms with Gasteiger partial charge in [-0.1, -0.05) is 0 Å². The number of nitrogens with two attached hydrogens (primary N) is 1. The van der Waals surface area contributed by atoms with Gasteiger partial charge in [0.05, 0.1) is 0 Å². The van der Waals surface area contributed by atoms with Crippen molar-refractivity contribution in [2.75, 3.05) is 26.2 Å². The van der Waals surface area contributed by atoms with Gasteiger partial charge in [0, 0.05) is 44.2 Å². The van der Waals surface area contributed by atoms with E-state index in [-0.39, 0.29) is 23.5 Å². The van der Waals surface area contributed by atoms with Gasteiger partial charge in [-0.15, -0.1) is 0 Å². The molecule has 20 heavy (non-hydrogen) atoms. The highest BCUT2D eigenvalue weighted by Crippen LogP contribution is 2.33. The molecule has 3 amide bonds. The average molecular weight is 280 g/mol. The molecule has 3 N–H and O–H groups in total. The van der Waals surface area contributed by atoms with Crippen LogP contribution in [0.4, 0.5) is 4.79 Å². The van der Waals surface area contributed by atoms with Gasteiger partial charge in [0.15, 0.2) is 0 Å². The summed E-state index contributed by atoms with van der Waals surface area (Å²) in [7, 11) is 0. The predicted octanol–water partition coefficient (Wildman–Crippen LogP) is 0.274. The van der Waals surface area contributed by atoms with E-state index < -0.39 is 0 Å². The molecule has 6 nitrogen and oxygen atoms in total. The summed E-state index contributed by atoms with van der Waals surface area (Å²) in [6.07, 6.45) is 5.36. The molecule has 3 aliphatic rings. The number of piperidine rings is 1. The fourth-order valence-corrected chi connectivity index (χ4v) is 3.48. The number of nitrogens with zero attached hydrogens (tertiary/aromatic N) is 2. The van der Waals surface area contributed by atoms with Crippen molar-refractivity contribution in [2.45, 2.75) is 50.1 Å². The Morgan fingerprint density at radius 1 is 1.30 bits per heavy atom. The molecule has 0 radical (unpaired) electrons. The highest BCUT2D eigenvalue weighted by Gasteiger charge is 2.37. The van der Waals surface area contributed by atoms with Crippen molar-refractivity contribution in [2.24, 2.45) is 5.73 Å². The van der Waals surface area contributed by atoms with Gasteiger partial charge in [0.1, 0.15) is 0 Å². The number of carbonyl (C=O) groups excluding carboxylic acids is 2. The summed E-state index contributed by atoms with van der Waals surface area (Å²) >= 11 is 0. The molecule has 0 bridgehead atoms. The summed E-state index contributed by atoms with van der Waals surface area (Å²) in [5, 5.41) is 2.84. The summed E-state index contributed by atoms with van der Waals surface area (Å²) < 4.78 is 0. The fourth-order valence-electron chi connectivity index (χ4n) is 3.48. The molecule has 6 heteroatoms. The monoisotopic (exact) mass is 280 g/mol. The first-order chi connectivity index (χ1) is 9.57. The van der Waals surface area contributed by atoms with E-state index in [1.54, 1.807) is 0 Å². The van der Waals surface area contributed by atoms with Crippen LogP contribution in [0.2, 0.25) is 0 Å². The zero-order valence-electron chi connectivity index (χ0n) is 11.9. The molecule has 3 rings (SSSR count). The quantitative estimate of drug-likeness (QED) is 0.779. The minimum Gasteiger partial charge on any atom is -0.342 e. The second-order valence-electron chi connectivity index (χ2n) is 6.43. The molecule has 2 saturated heterocycles. The maximum Gasteiger partial charge on any atom is 0.317 e. The Kier molecular flexibility index (Phi) is 3.58. The number of amides is 3. The highest BCUT2D eigenvalue weighted by molar-refractivity contribution is 5.78. The summed E-state index contributed by atoms with van der Waals surface area (Å²) in [6.45, 7) is 3.05. The van der Waals surface area contributed by atoms with Crippen molar-refractivity contribution in [3.05, 3.63) is 0 Å². The van der Waals surface area contributed by atoms with Crippen LogP contribution in [0.25, 0.3) is 0 Å². The second-order valence-corrected chi connectivity index (χ2v) is 6.43. The summed E-state index contributed by atoms with van der Waals surface area (Å²) in [5.41, 5.74) is 5.91. The number of carbonyl (C=O) groups is 2. The van der Waals surface area contributed by atoms with Gasteiger partial charge >= 0.3 is 6.03 Å². The third-order valence-corrected chi connectivity index (χ3v) is 5.00. The minimum atomic E-state index is -0.233. The lowest BCUT2D eigenvalue weighted by molar-refractivity contribution is -0.134. The van der Waals surface area contributed by atoms with Crippen LogP contribution in [0.3, 0.4) is 0 Å². The molecule has 3 fully saturated rings. The van der Waals surface area contributed by atoms with Crippen molar-refractivity contribution in [3.63, 3.8) is 0 Å². The lowest BCUT2D eigenvalue weighted by Crippen LogP contribution is -2.53. The van der Waals surface area contributed by atoms with Crippen LogP contribution in [0.15, 0.2) is 0 Å². The fraction of sp³-hybridized carbons (Fsp3) is 0.857. The number of urea groups is 1. The van der Waals surface area contributed by atoms with Crippen molar-refractivity contribution >= 4 is 11.9 Å². The molecular formula is C14H24N4O2. The normalized spacial score (nSPS) is 26.4. The number of likely N-dealkylation sites (tertiary alicyclic amines) is 1. The summed E-state index contributed by atoms with van der Waals surface area (Å²) in [6, 6.07) is 0.335. The van der Waals surface area contributed by atoms with E-state index in [9.17, 15) is 9.59 Å². The van der Waals surface area contributed by atoms with Gasteiger partial charge in [-0.3, -0.25) is 4.79 Å². The van der Waals surface area contributed by atoms with Gasteiger partial charge in [-0.05, 0) is 32.1 Å². The standard InChI is InChI=1S/C14H24N4O2/c15-14(4-1-5-14)10-12(19)17-7-2-11(3-8-17)18-9-6-16-13(18)20/h11H,1-10,15H2,(H,16,20). The van der Waals surface area contributed by atoms with E-state index in [1.165, 1.54) is 0 Å². The van der Waals surface area contributed by atoms with E-state index in [1.807, 2.05) is 9.80 Å². The first kappa shape index (κ1) is 13.7. The molecule has 0 spiro atoms. The molecule has 0 aromatic rings. The van der Waals surface area contributed by atoms with Crippen LogP contribution in [-0.2, 0) is 4.79 Å². The van der Waals surface area contributed by atoms with E-state index in [2.05, 4.69) is 5.32 Å². The Balaban J connectivity index is 1.48. The molecule has 1 aliphatic carbocycles. The maximum absolute atomic E-state index is 12.3. The Hall–Kier alpha value is -1.30. The number of hydrogen-bond acceptors (Lipinski definition) is 3. The molecule has 0 unspecified atom stereocenters. The van der Waals surface area contributed by atoms with Gasteiger partial charge in [0.25, 0.3) is 0 Å². The molecule has 2 heterocycles. The third-order valence-electron chi connectivity index (χ3n) is 5.00. The van der Waals surface area contributed by atoms with Crippen LogP contribution in [0, 0.1) is 0 Å². The van der Waals surface area contributed by atoms with Crippen molar-refractivity contribution in [1.29, 1.82) is 0 Å². The molecule has 112 valence electrons. The zero-order valence-corrected chi connectivity index (χ0v) is 11.9. The molecular weight excluding hydrogens is 256 g/mol. The van der Waals surface area contributed by atoms with Crippen LogP contribution in [0.5, 0.6) is 0 Å². The van der Waals surface area contributed by atoms with Crippen LogP contribution < -0.4 is 11.1 Å². The van der Waals surface area contributed by atoms with Gasteiger partial charge in [-0.2, -0.15) is 0 Å². The minimum absolute atomic E-state index is 0.0464. The Morgan fingerprint density at radius 3 is 2.50 bits per heavy atom. The van der Waals surface area contributed by atoms with Crippen molar-refractivity contribution < 1.29 is 9.59 Å². The van der Waals surface area contributed by atoms with Crippen molar-refractivity contribution in [3.8, 4) is 0 Å². The van der Waals surface area contributed by atoms with E-state index in [4.69, 9.17) is 5.73 Å². The SMILES string of the molecule is NC1(CC(=O)N2CCC(N3CCNC3=O)CC2)CCC1. The second kappa shape index (κ2) is 5.24. The van der Waals surface area contributed by atoms with Crippen molar-refractivity contribution in [1.82, 2.24) is 15.1 Å². The maximum atomic E-state index is 12.3. The summed E-state index contributed by atoms with van der Waals surface area (Å²) in [4.78, 5) is 27.7. The third kappa shape index (κ3) is 2.61. The average Bonchev–Trinajstić information content (AvgIpc) is 2.83. The van der Waals surface area contributed by atoms with Gasteiger partial charge in [-0.25, -0.2) is 4.79 Å². The van der Waals surface area contributed by atoms with Gasteiger partial charge in [0.2, 0.25) is 5.91 Å². The first-order valence-electron chi connectivity index (χ1n) is 7.69. The van der Waals surface area contributed by atoms with E-state index >= 15 is 0 Å². The number of nitrogens with one attached hydrogen (secondary N) is 1. The molecule has 0 aromatic heterocycles. The number of rotatable bonds is 3. The largest absolute Gasteiger partial charge is 0.342 e. The van der Waals surface area contributed by atoms with Crippen LogP contribution in [0.1, 0.15) is 38.5 Å². The predicted molar refractivity (Wildman–Crippen MR) is 75.1 cm³/mol. The lowest BCUT2D eigenvalue weighted by atomic mass is 9.75. The smallest absolute Gasteiger partial charge is 0.317 e. The Bertz CT molecular complexity index is 400. The molecule has 1 saturated carbocycles. The van der Waals surface area contributed by atoms with Crippen LogP contribution in [-0.4, -0.2) is 59.5 Å². The highest BCUT2D eigenvalue weighted by atomic mass is 16.2. The topological polar surface area (TPSA) is 78.7 Å². The van der Waals surface area contributed by atoms with E-state index in [0.29, 0.717) is 6.42 Å². The van der Waals surface area contributed by atoms with Crippen LogP contribution >= 0.6 is 0 Å². The molecule has 0 aromatic carbocycles. The molecule has 0 atom stereocenters.